The van der Waals surface area contributed by atoms with Crippen LogP contribution in [0.2, 0.25) is 0 Å². The van der Waals surface area contributed by atoms with Gasteiger partial charge in [-0.15, -0.1) is 0 Å². The Hall–Kier alpha value is -3.28. The molecule has 0 aromatic heterocycles. The highest BCUT2D eigenvalue weighted by Crippen LogP contribution is 2.15. The summed E-state index contributed by atoms with van der Waals surface area (Å²) in [4.78, 5) is 25.6. The molecule has 6 heteroatoms. The van der Waals surface area contributed by atoms with Gasteiger partial charge in [0.2, 0.25) is 11.8 Å². The Labute approximate surface area is 153 Å². The van der Waals surface area contributed by atoms with E-state index in [0.717, 1.165) is 5.56 Å². The molecule has 0 aliphatic rings. The topological polar surface area (TPSA) is 67.9 Å². The van der Waals surface area contributed by atoms with Crippen LogP contribution in [0, 0.1) is 0 Å². The number of anilines is 1. The zero-order valence-corrected chi connectivity index (χ0v) is 15.1. The molecule has 0 atom stereocenters. The van der Waals surface area contributed by atoms with Crippen molar-refractivity contribution in [1.29, 1.82) is 0 Å². The Morgan fingerprint density at radius 1 is 1.04 bits per heavy atom. The molecule has 2 aromatic rings. The quantitative estimate of drug-likeness (QED) is 0.777. The molecule has 0 fully saturated rings. The third-order valence-electron chi connectivity index (χ3n) is 3.64. The van der Waals surface area contributed by atoms with Crippen molar-refractivity contribution in [3.05, 3.63) is 60.2 Å². The van der Waals surface area contributed by atoms with E-state index in [4.69, 9.17) is 9.47 Å². The molecule has 0 aliphatic heterocycles. The van der Waals surface area contributed by atoms with Crippen molar-refractivity contribution >= 4 is 23.6 Å². The fourth-order valence-corrected chi connectivity index (χ4v) is 2.21. The van der Waals surface area contributed by atoms with Gasteiger partial charge >= 0.3 is 0 Å². The molecule has 1 N–H and O–H groups in total. The third-order valence-corrected chi connectivity index (χ3v) is 3.64. The summed E-state index contributed by atoms with van der Waals surface area (Å²) in [5.41, 5.74) is 1.48. The average molecular weight is 354 g/mol. The van der Waals surface area contributed by atoms with Crippen molar-refractivity contribution in [3.63, 3.8) is 0 Å². The van der Waals surface area contributed by atoms with Crippen LogP contribution in [0.3, 0.4) is 0 Å². The number of hydrogen-bond donors (Lipinski definition) is 1. The Bertz CT molecular complexity index is 785. The average Bonchev–Trinajstić information content (AvgIpc) is 2.66. The summed E-state index contributed by atoms with van der Waals surface area (Å²) in [6.07, 6.45) is 3.11. The van der Waals surface area contributed by atoms with Crippen molar-refractivity contribution in [2.24, 2.45) is 0 Å². The second-order valence-corrected chi connectivity index (χ2v) is 5.58. The normalized spacial score (nSPS) is 10.4. The van der Waals surface area contributed by atoms with Gasteiger partial charge < -0.3 is 19.7 Å². The predicted molar refractivity (Wildman–Crippen MR) is 101 cm³/mol. The minimum Gasteiger partial charge on any atom is -0.497 e. The smallest absolute Gasteiger partial charge is 0.246 e. The summed E-state index contributed by atoms with van der Waals surface area (Å²) in [7, 11) is 4.74. The van der Waals surface area contributed by atoms with Crippen molar-refractivity contribution in [3.8, 4) is 11.5 Å². The van der Waals surface area contributed by atoms with Crippen LogP contribution in [0.4, 0.5) is 5.69 Å². The molecule has 2 aromatic carbocycles. The number of carbonyl (C=O) groups is 2. The molecule has 0 spiro atoms. The third kappa shape index (κ3) is 5.66. The number of ether oxygens (including phenoxy) is 2. The van der Waals surface area contributed by atoms with E-state index in [0.29, 0.717) is 17.2 Å². The summed E-state index contributed by atoms with van der Waals surface area (Å²) in [6.45, 7) is -0.0483. The van der Waals surface area contributed by atoms with E-state index >= 15 is 0 Å². The first kappa shape index (κ1) is 19.1. The van der Waals surface area contributed by atoms with E-state index in [9.17, 15) is 9.59 Å². The van der Waals surface area contributed by atoms with Gasteiger partial charge in [-0.1, -0.05) is 12.1 Å². The number of benzene rings is 2. The van der Waals surface area contributed by atoms with Crippen LogP contribution >= 0.6 is 0 Å². The van der Waals surface area contributed by atoms with E-state index in [-0.39, 0.29) is 18.4 Å². The van der Waals surface area contributed by atoms with Crippen LogP contribution in [0.1, 0.15) is 5.56 Å². The van der Waals surface area contributed by atoms with Crippen molar-refractivity contribution < 1.29 is 19.1 Å². The molecule has 0 unspecified atom stereocenters. The zero-order chi connectivity index (χ0) is 18.9. The van der Waals surface area contributed by atoms with Crippen molar-refractivity contribution in [1.82, 2.24) is 4.90 Å². The molecule has 0 radical (unpaired) electrons. The van der Waals surface area contributed by atoms with Gasteiger partial charge in [-0.25, -0.2) is 0 Å². The summed E-state index contributed by atoms with van der Waals surface area (Å²) in [5, 5.41) is 2.74. The number of methoxy groups -OCH3 is 2. The minimum atomic E-state index is -0.277. The first-order valence-electron chi connectivity index (χ1n) is 8.03. The van der Waals surface area contributed by atoms with Gasteiger partial charge in [-0.3, -0.25) is 9.59 Å². The maximum atomic E-state index is 12.2. The van der Waals surface area contributed by atoms with E-state index < -0.39 is 0 Å². The van der Waals surface area contributed by atoms with E-state index in [1.807, 2.05) is 24.3 Å². The summed E-state index contributed by atoms with van der Waals surface area (Å²) in [6, 6.07) is 14.3. The SMILES string of the molecule is COc1ccc(NC(=O)CN(C)C(=O)C=Cc2cccc(OC)c2)cc1. The van der Waals surface area contributed by atoms with Crippen LogP contribution in [0.15, 0.2) is 54.6 Å². The van der Waals surface area contributed by atoms with Gasteiger partial charge in [0, 0.05) is 18.8 Å². The fourth-order valence-electron chi connectivity index (χ4n) is 2.21. The van der Waals surface area contributed by atoms with Gasteiger partial charge in [-0.2, -0.15) is 0 Å². The Kier molecular flexibility index (Phi) is 6.79. The second kappa shape index (κ2) is 9.27. The van der Waals surface area contributed by atoms with Gasteiger partial charge in [0.05, 0.1) is 20.8 Å². The monoisotopic (exact) mass is 354 g/mol. The minimum absolute atomic E-state index is 0.0483. The van der Waals surface area contributed by atoms with Gasteiger partial charge in [0.1, 0.15) is 11.5 Å². The highest BCUT2D eigenvalue weighted by Gasteiger charge is 2.11. The maximum Gasteiger partial charge on any atom is 0.246 e. The number of likely N-dealkylation sites (N-methyl/N-ethyl adjacent to an activating group) is 1. The highest BCUT2D eigenvalue weighted by molar-refractivity contribution is 5.97. The van der Waals surface area contributed by atoms with E-state index in [1.54, 1.807) is 51.6 Å². The Morgan fingerprint density at radius 3 is 2.38 bits per heavy atom. The van der Waals surface area contributed by atoms with Crippen LogP contribution in [0.5, 0.6) is 11.5 Å². The van der Waals surface area contributed by atoms with Gasteiger partial charge in [0.15, 0.2) is 0 Å². The maximum absolute atomic E-state index is 12.2. The molecular weight excluding hydrogens is 332 g/mol. The number of carbonyl (C=O) groups excluding carboxylic acids is 2. The van der Waals surface area contributed by atoms with Crippen molar-refractivity contribution in [2.75, 3.05) is 33.1 Å². The highest BCUT2D eigenvalue weighted by atomic mass is 16.5. The summed E-state index contributed by atoms with van der Waals surface area (Å²) in [5.74, 6) is 0.878. The molecule has 0 saturated heterocycles. The molecule has 0 aliphatic carbocycles. The number of rotatable bonds is 7. The molecule has 2 amide bonds. The fraction of sp³-hybridized carbons (Fsp3) is 0.200. The number of hydrogen-bond acceptors (Lipinski definition) is 4. The Morgan fingerprint density at radius 2 is 1.73 bits per heavy atom. The van der Waals surface area contributed by atoms with Crippen LogP contribution < -0.4 is 14.8 Å². The molecule has 26 heavy (non-hydrogen) atoms. The number of nitrogens with zero attached hydrogens (tertiary/aromatic N) is 1. The van der Waals surface area contributed by atoms with E-state index in [1.165, 1.54) is 11.0 Å². The summed E-state index contributed by atoms with van der Waals surface area (Å²) >= 11 is 0. The van der Waals surface area contributed by atoms with E-state index in [2.05, 4.69) is 5.32 Å². The zero-order valence-electron chi connectivity index (χ0n) is 15.1. The molecule has 0 bridgehead atoms. The van der Waals surface area contributed by atoms with Crippen LogP contribution in [-0.2, 0) is 9.59 Å². The first-order valence-corrected chi connectivity index (χ1v) is 8.03. The van der Waals surface area contributed by atoms with Crippen molar-refractivity contribution in [2.45, 2.75) is 0 Å². The predicted octanol–water partition coefficient (Wildman–Crippen LogP) is 2.81. The van der Waals surface area contributed by atoms with Gasteiger partial charge in [0.25, 0.3) is 0 Å². The lowest BCUT2D eigenvalue weighted by Crippen LogP contribution is -2.33. The lowest BCUT2D eigenvalue weighted by molar-refractivity contribution is -0.129. The molecule has 0 heterocycles. The molecule has 0 saturated carbocycles. The molecule has 6 nitrogen and oxygen atoms in total. The number of nitrogens with one attached hydrogen (secondary N) is 1. The standard InChI is InChI=1S/C20H22N2O4/c1-22(14-19(23)21-16-8-10-17(25-2)11-9-16)20(24)12-7-15-5-4-6-18(13-15)26-3/h4-13H,14H2,1-3H3,(H,21,23). The van der Waals surface area contributed by atoms with Crippen LogP contribution in [-0.4, -0.2) is 44.5 Å². The van der Waals surface area contributed by atoms with Gasteiger partial charge in [-0.05, 0) is 48.0 Å². The largest absolute Gasteiger partial charge is 0.497 e. The Balaban J connectivity index is 1.88. The molecule has 136 valence electrons. The number of amides is 2. The summed E-state index contributed by atoms with van der Waals surface area (Å²) < 4.78 is 10.2. The lowest BCUT2D eigenvalue weighted by atomic mass is 10.2. The second-order valence-electron chi connectivity index (χ2n) is 5.58. The van der Waals surface area contributed by atoms with Crippen LogP contribution in [0.25, 0.3) is 6.08 Å². The molecule has 2 rings (SSSR count). The molecular formula is C20H22N2O4. The lowest BCUT2D eigenvalue weighted by Gasteiger charge is -2.15. The first-order chi connectivity index (χ1) is 12.5.